The van der Waals surface area contributed by atoms with Gasteiger partial charge in [-0.2, -0.15) is 0 Å². The fourth-order valence-corrected chi connectivity index (χ4v) is 3.43. The van der Waals surface area contributed by atoms with Gasteiger partial charge in [0.05, 0.1) is 7.11 Å². The Kier molecular flexibility index (Phi) is 3.66. The van der Waals surface area contributed by atoms with Gasteiger partial charge >= 0.3 is 5.97 Å². The van der Waals surface area contributed by atoms with Gasteiger partial charge in [-0.25, -0.2) is 4.79 Å². The van der Waals surface area contributed by atoms with Gasteiger partial charge in [-0.1, -0.05) is 17.7 Å². The van der Waals surface area contributed by atoms with Crippen molar-refractivity contribution in [2.45, 2.75) is 38.1 Å². The molecule has 2 aliphatic rings. The third-order valence-electron chi connectivity index (χ3n) is 4.77. The fourth-order valence-electron chi connectivity index (χ4n) is 3.43. The molecule has 1 aliphatic heterocycles. The van der Waals surface area contributed by atoms with Crippen molar-refractivity contribution in [3.8, 4) is 0 Å². The van der Waals surface area contributed by atoms with E-state index in [1.54, 1.807) is 0 Å². The molecule has 1 saturated carbocycles. The molecule has 0 amide bonds. The largest absolute Gasteiger partial charge is 0.468 e. The van der Waals surface area contributed by atoms with Gasteiger partial charge in [0.25, 0.3) is 0 Å². The second-order valence-corrected chi connectivity index (χ2v) is 6.46. The second-order valence-electron chi connectivity index (χ2n) is 6.46. The van der Waals surface area contributed by atoms with Crippen molar-refractivity contribution in [1.82, 2.24) is 0 Å². The summed E-state index contributed by atoms with van der Waals surface area (Å²) in [7, 11) is 1.43. The molecular formula is C17H24N2O2. The van der Waals surface area contributed by atoms with Crippen LogP contribution in [0.25, 0.3) is 0 Å². The Morgan fingerprint density at radius 3 is 2.90 bits per heavy atom. The molecule has 4 heteroatoms. The average Bonchev–Trinajstić information content (AvgIpc) is 3.31. The van der Waals surface area contributed by atoms with Crippen LogP contribution < -0.4 is 10.6 Å². The number of nitrogens with two attached hydrogens (primary N) is 1. The molecule has 0 bridgehead atoms. The zero-order valence-electron chi connectivity index (χ0n) is 12.9. The number of hydrogen-bond donors (Lipinski definition) is 1. The Balaban J connectivity index is 1.86. The molecule has 0 saturated heterocycles. The van der Waals surface area contributed by atoms with Crippen LogP contribution in [0.1, 0.15) is 30.4 Å². The molecule has 0 radical (unpaired) electrons. The summed E-state index contributed by atoms with van der Waals surface area (Å²) in [6.07, 6.45) is 4.27. The molecular weight excluding hydrogens is 264 g/mol. The summed E-state index contributed by atoms with van der Waals surface area (Å²) in [4.78, 5) is 14.5. The molecule has 1 unspecified atom stereocenters. The van der Waals surface area contributed by atoms with Crippen LogP contribution in [0.15, 0.2) is 18.2 Å². The lowest BCUT2D eigenvalue weighted by Gasteiger charge is -2.38. The molecule has 3 rings (SSSR count). The van der Waals surface area contributed by atoms with Crippen LogP contribution in [0.5, 0.6) is 0 Å². The van der Waals surface area contributed by atoms with E-state index in [1.165, 1.54) is 23.9 Å². The predicted octanol–water partition coefficient (Wildman–Crippen LogP) is 2.03. The number of ether oxygens (including phenoxy) is 1. The highest BCUT2D eigenvalue weighted by molar-refractivity contribution is 5.82. The second kappa shape index (κ2) is 5.34. The Labute approximate surface area is 126 Å². The van der Waals surface area contributed by atoms with Gasteiger partial charge in [-0.05, 0) is 50.2 Å². The third kappa shape index (κ3) is 2.64. The lowest BCUT2D eigenvalue weighted by Crippen LogP contribution is -2.59. The molecule has 1 aromatic carbocycles. The van der Waals surface area contributed by atoms with Gasteiger partial charge in [-0.3, -0.25) is 0 Å². The van der Waals surface area contributed by atoms with E-state index in [2.05, 4.69) is 30.0 Å². The lowest BCUT2D eigenvalue weighted by molar-refractivity contribution is -0.147. The van der Waals surface area contributed by atoms with Crippen molar-refractivity contribution >= 4 is 11.7 Å². The zero-order valence-corrected chi connectivity index (χ0v) is 12.9. The molecule has 1 heterocycles. The van der Waals surface area contributed by atoms with E-state index in [4.69, 9.17) is 10.5 Å². The maximum atomic E-state index is 12.2. The Morgan fingerprint density at radius 1 is 1.48 bits per heavy atom. The summed E-state index contributed by atoms with van der Waals surface area (Å²) in [5, 5.41) is 0. The number of benzene rings is 1. The van der Waals surface area contributed by atoms with Crippen LogP contribution in [0.2, 0.25) is 0 Å². The summed E-state index contributed by atoms with van der Waals surface area (Å²) < 4.78 is 4.97. The SMILES string of the molecule is COC(=O)C(N)(CN1CCCc2cc(C)ccc21)C1CC1. The van der Waals surface area contributed by atoms with Crippen molar-refractivity contribution in [1.29, 1.82) is 0 Å². The number of hydrogen-bond acceptors (Lipinski definition) is 4. The maximum absolute atomic E-state index is 12.2. The number of carbonyl (C=O) groups excluding carboxylic acids is 1. The number of anilines is 1. The van der Waals surface area contributed by atoms with E-state index in [9.17, 15) is 4.79 Å². The van der Waals surface area contributed by atoms with Crippen LogP contribution in [-0.2, 0) is 16.0 Å². The van der Waals surface area contributed by atoms with Crippen LogP contribution in [0.4, 0.5) is 5.69 Å². The Hall–Kier alpha value is -1.55. The van der Waals surface area contributed by atoms with Gasteiger partial charge in [0.2, 0.25) is 0 Å². The molecule has 0 aromatic heterocycles. The number of aryl methyl sites for hydroxylation is 2. The van der Waals surface area contributed by atoms with E-state index < -0.39 is 5.54 Å². The standard InChI is InChI=1S/C17H24N2O2/c1-12-5-8-15-13(10-12)4-3-9-19(15)11-17(18,14-6-7-14)16(20)21-2/h5,8,10,14H,3-4,6-7,9,11,18H2,1-2H3. The maximum Gasteiger partial charge on any atom is 0.327 e. The zero-order chi connectivity index (χ0) is 15.0. The highest BCUT2D eigenvalue weighted by atomic mass is 16.5. The summed E-state index contributed by atoms with van der Waals surface area (Å²) in [5.41, 5.74) is 9.47. The minimum Gasteiger partial charge on any atom is -0.468 e. The first kappa shape index (κ1) is 14.4. The van der Waals surface area contributed by atoms with Crippen LogP contribution in [0.3, 0.4) is 0 Å². The summed E-state index contributed by atoms with van der Waals surface area (Å²) in [6, 6.07) is 6.54. The highest BCUT2D eigenvalue weighted by Gasteiger charge is 2.50. The predicted molar refractivity (Wildman–Crippen MR) is 83.4 cm³/mol. The van der Waals surface area contributed by atoms with Crippen molar-refractivity contribution in [3.05, 3.63) is 29.3 Å². The van der Waals surface area contributed by atoms with Crippen LogP contribution in [-0.4, -0.2) is 31.7 Å². The topological polar surface area (TPSA) is 55.6 Å². The number of methoxy groups -OCH3 is 1. The van der Waals surface area contributed by atoms with Gasteiger partial charge in [0.15, 0.2) is 0 Å². The lowest BCUT2D eigenvalue weighted by atomic mass is 9.91. The van der Waals surface area contributed by atoms with Gasteiger partial charge in [0.1, 0.15) is 5.54 Å². The van der Waals surface area contributed by atoms with Gasteiger partial charge < -0.3 is 15.4 Å². The van der Waals surface area contributed by atoms with Gasteiger partial charge in [0, 0.05) is 18.8 Å². The molecule has 0 spiro atoms. The number of nitrogens with zero attached hydrogens (tertiary/aromatic N) is 1. The van der Waals surface area contributed by atoms with E-state index in [1.807, 2.05) is 0 Å². The van der Waals surface area contributed by atoms with E-state index in [0.717, 1.165) is 32.2 Å². The molecule has 1 fully saturated rings. The minimum atomic E-state index is -0.867. The quantitative estimate of drug-likeness (QED) is 0.861. The number of rotatable bonds is 4. The molecule has 1 atom stereocenters. The summed E-state index contributed by atoms with van der Waals surface area (Å²) >= 11 is 0. The van der Waals surface area contributed by atoms with Crippen molar-refractivity contribution < 1.29 is 9.53 Å². The molecule has 2 N–H and O–H groups in total. The minimum absolute atomic E-state index is 0.265. The summed E-state index contributed by atoms with van der Waals surface area (Å²) in [5.74, 6) is -0.00925. The molecule has 1 aliphatic carbocycles. The van der Waals surface area contributed by atoms with Crippen LogP contribution >= 0.6 is 0 Å². The first-order valence-electron chi connectivity index (χ1n) is 7.76. The molecule has 1 aromatic rings. The Bertz CT molecular complexity index is 554. The smallest absolute Gasteiger partial charge is 0.327 e. The first-order valence-corrected chi connectivity index (χ1v) is 7.76. The number of fused-ring (bicyclic) bond motifs is 1. The third-order valence-corrected chi connectivity index (χ3v) is 4.77. The van der Waals surface area contributed by atoms with E-state index in [-0.39, 0.29) is 11.9 Å². The van der Waals surface area contributed by atoms with E-state index >= 15 is 0 Å². The molecule has 21 heavy (non-hydrogen) atoms. The van der Waals surface area contributed by atoms with E-state index in [0.29, 0.717) is 6.54 Å². The van der Waals surface area contributed by atoms with Crippen LogP contribution in [0, 0.1) is 12.8 Å². The fraction of sp³-hybridized carbons (Fsp3) is 0.588. The average molecular weight is 288 g/mol. The number of esters is 1. The summed E-state index contributed by atoms with van der Waals surface area (Å²) in [6.45, 7) is 3.63. The van der Waals surface area contributed by atoms with Crippen molar-refractivity contribution in [2.24, 2.45) is 11.7 Å². The Morgan fingerprint density at radius 2 is 2.24 bits per heavy atom. The normalized spacial score (nSPS) is 20.6. The first-order chi connectivity index (χ1) is 10.0. The van der Waals surface area contributed by atoms with Crippen molar-refractivity contribution in [3.63, 3.8) is 0 Å². The monoisotopic (exact) mass is 288 g/mol. The molecule has 4 nitrogen and oxygen atoms in total. The molecule has 114 valence electrons. The number of carbonyl (C=O) groups is 1. The van der Waals surface area contributed by atoms with Gasteiger partial charge in [-0.15, -0.1) is 0 Å². The highest BCUT2D eigenvalue weighted by Crippen LogP contribution is 2.40. The van der Waals surface area contributed by atoms with Crippen molar-refractivity contribution in [2.75, 3.05) is 25.1 Å².